The Kier molecular flexibility index (Phi) is 6.39. The lowest BCUT2D eigenvalue weighted by Gasteiger charge is -2.35. The average molecular weight is 544 g/mol. The van der Waals surface area contributed by atoms with E-state index in [4.69, 9.17) is 4.74 Å². The number of amides is 2. The molecular formula is C30H23F2N3O5. The Morgan fingerprint density at radius 2 is 1.65 bits per heavy atom. The molecule has 0 spiro atoms. The van der Waals surface area contributed by atoms with Crippen molar-refractivity contribution in [2.75, 3.05) is 0 Å². The Morgan fingerprint density at radius 3 is 2.33 bits per heavy atom. The summed E-state index contributed by atoms with van der Waals surface area (Å²) in [7, 11) is 0. The van der Waals surface area contributed by atoms with Gasteiger partial charge < -0.3 is 19.7 Å². The highest BCUT2D eigenvalue weighted by Crippen LogP contribution is 2.47. The molecule has 2 amide bonds. The number of ether oxygens (including phenoxy) is 1. The number of hydrogen-bond donors (Lipinski definition) is 2. The van der Waals surface area contributed by atoms with Crippen molar-refractivity contribution in [2.45, 2.75) is 31.5 Å². The molecule has 2 aliphatic heterocycles. The lowest BCUT2D eigenvalue weighted by Crippen LogP contribution is -2.47. The Balaban J connectivity index is 1.34. The first kappa shape index (κ1) is 25.4. The Bertz CT molecular complexity index is 1680. The summed E-state index contributed by atoms with van der Waals surface area (Å²) >= 11 is 0. The van der Waals surface area contributed by atoms with E-state index in [1.54, 1.807) is 0 Å². The van der Waals surface area contributed by atoms with Gasteiger partial charge in [-0.05, 0) is 17.2 Å². The number of aromatic nitrogens is 1. The van der Waals surface area contributed by atoms with Crippen LogP contribution in [0.3, 0.4) is 0 Å². The predicted octanol–water partition coefficient (Wildman–Crippen LogP) is 4.06. The number of carbonyl (C=O) groups excluding carboxylic acids is 2. The van der Waals surface area contributed by atoms with E-state index in [-0.39, 0.29) is 24.3 Å². The van der Waals surface area contributed by atoms with Crippen LogP contribution < -0.4 is 10.7 Å². The minimum absolute atomic E-state index is 0.0149. The van der Waals surface area contributed by atoms with Crippen molar-refractivity contribution in [2.24, 2.45) is 0 Å². The van der Waals surface area contributed by atoms with Gasteiger partial charge in [0.25, 0.3) is 11.8 Å². The van der Waals surface area contributed by atoms with Crippen molar-refractivity contribution in [1.29, 1.82) is 0 Å². The van der Waals surface area contributed by atoms with Crippen molar-refractivity contribution in [3.8, 4) is 5.75 Å². The predicted molar refractivity (Wildman–Crippen MR) is 139 cm³/mol. The summed E-state index contributed by atoms with van der Waals surface area (Å²) in [5.74, 6) is -3.97. The van der Waals surface area contributed by atoms with E-state index in [0.717, 1.165) is 17.2 Å². The van der Waals surface area contributed by atoms with Crippen LogP contribution in [0, 0.1) is 11.6 Å². The van der Waals surface area contributed by atoms with Gasteiger partial charge in [0.2, 0.25) is 5.43 Å². The van der Waals surface area contributed by atoms with Crippen LogP contribution in [-0.2, 0) is 17.8 Å². The van der Waals surface area contributed by atoms with Crippen LogP contribution in [0.15, 0.2) is 89.9 Å². The van der Waals surface area contributed by atoms with Crippen molar-refractivity contribution < 1.29 is 28.2 Å². The van der Waals surface area contributed by atoms with Crippen LogP contribution in [0.5, 0.6) is 5.75 Å². The molecule has 40 heavy (non-hydrogen) atoms. The van der Waals surface area contributed by atoms with Crippen molar-refractivity contribution in [1.82, 2.24) is 14.8 Å². The topological polar surface area (TPSA) is 101 Å². The fraction of sp³-hybridized carbons (Fsp3) is 0.167. The molecule has 0 bridgehead atoms. The number of benzene rings is 3. The SMILES string of the molecule is O=C(NCc1ccc(F)cc1F)c1cn2c(c(O)c1=O)C(=O)N1C(C2)O[C@@H](c2ccccc2)[C@H]1c1ccccc1. The van der Waals surface area contributed by atoms with Crippen LogP contribution >= 0.6 is 0 Å². The van der Waals surface area contributed by atoms with Gasteiger partial charge >= 0.3 is 0 Å². The number of fused-ring (bicyclic) bond motifs is 2. The lowest BCUT2D eigenvalue weighted by molar-refractivity contribution is -0.0154. The maximum absolute atomic E-state index is 14.0. The van der Waals surface area contributed by atoms with Gasteiger partial charge in [-0.15, -0.1) is 0 Å². The molecule has 1 unspecified atom stereocenters. The second-order valence-electron chi connectivity index (χ2n) is 9.63. The van der Waals surface area contributed by atoms with Crippen molar-refractivity contribution in [3.63, 3.8) is 0 Å². The van der Waals surface area contributed by atoms with Crippen LogP contribution in [0.2, 0.25) is 0 Å². The number of hydrogen-bond acceptors (Lipinski definition) is 5. The molecule has 4 aromatic rings. The minimum atomic E-state index is -1.04. The largest absolute Gasteiger partial charge is 0.503 e. The fourth-order valence-electron chi connectivity index (χ4n) is 5.32. The molecule has 3 atom stereocenters. The molecule has 0 aliphatic carbocycles. The highest BCUT2D eigenvalue weighted by Gasteiger charge is 2.50. The highest BCUT2D eigenvalue weighted by atomic mass is 19.1. The molecule has 1 fully saturated rings. The Morgan fingerprint density at radius 1 is 0.975 bits per heavy atom. The second-order valence-corrected chi connectivity index (χ2v) is 9.63. The first-order valence-corrected chi connectivity index (χ1v) is 12.6. The number of aromatic hydroxyl groups is 1. The number of rotatable bonds is 5. The van der Waals surface area contributed by atoms with Gasteiger partial charge in [0.05, 0.1) is 12.6 Å². The van der Waals surface area contributed by atoms with Gasteiger partial charge in [0.1, 0.15) is 23.3 Å². The zero-order chi connectivity index (χ0) is 28.0. The van der Waals surface area contributed by atoms with Gasteiger partial charge in [0.15, 0.2) is 17.7 Å². The zero-order valence-corrected chi connectivity index (χ0v) is 21.0. The zero-order valence-electron chi connectivity index (χ0n) is 21.0. The molecule has 6 rings (SSSR count). The van der Waals surface area contributed by atoms with Gasteiger partial charge in [0, 0.05) is 24.4 Å². The Hall–Kier alpha value is -4.83. The molecule has 3 aromatic carbocycles. The first-order valence-electron chi connectivity index (χ1n) is 12.6. The van der Waals surface area contributed by atoms with E-state index in [9.17, 15) is 28.3 Å². The quantitative estimate of drug-likeness (QED) is 0.396. The van der Waals surface area contributed by atoms with Gasteiger partial charge in [-0.3, -0.25) is 19.3 Å². The summed E-state index contributed by atoms with van der Waals surface area (Å²) in [6.07, 6.45) is -0.0732. The third kappa shape index (κ3) is 4.32. The van der Waals surface area contributed by atoms with E-state index < -0.39 is 58.6 Å². The molecule has 202 valence electrons. The smallest absolute Gasteiger partial charge is 0.277 e. The van der Waals surface area contributed by atoms with Crippen LogP contribution in [-0.4, -0.2) is 32.6 Å². The maximum Gasteiger partial charge on any atom is 0.277 e. The van der Waals surface area contributed by atoms with Crippen molar-refractivity contribution in [3.05, 3.63) is 135 Å². The molecule has 10 heteroatoms. The third-order valence-corrected chi connectivity index (χ3v) is 7.21. The molecule has 2 aliphatic rings. The van der Waals surface area contributed by atoms with Crippen LogP contribution in [0.4, 0.5) is 8.78 Å². The van der Waals surface area contributed by atoms with Gasteiger partial charge in [-0.25, -0.2) is 8.78 Å². The molecular weight excluding hydrogens is 520 g/mol. The molecule has 8 nitrogen and oxygen atoms in total. The Labute approximate surface area is 227 Å². The third-order valence-electron chi connectivity index (χ3n) is 7.21. The molecule has 1 aromatic heterocycles. The summed E-state index contributed by atoms with van der Waals surface area (Å²) in [5.41, 5.74) is -0.0176. The summed E-state index contributed by atoms with van der Waals surface area (Å²) in [4.78, 5) is 41.3. The first-order chi connectivity index (χ1) is 19.3. The minimum Gasteiger partial charge on any atom is -0.503 e. The van der Waals surface area contributed by atoms with Crippen molar-refractivity contribution >= 4 is 11.8 Å². The molecule has 1 saturated heterocycles. The van der Waals surface area contributed by atoms with E-state index >= 15 is 0 Å². The molecule has 3 heterocycles. The van der Waals surface area contributed by atoms with E-state index in [1.807, 2.05) is 60.7 Å². The molecule has 2 N–H and O–H groups in total. The summed E-state index contributed by atoms with van der Waals surface area (Å²) in [6, 6.07) is 21.2. The standard InChI is InChI=1S/C30H23F2N3O5/c31-20-12-11-19(22(32)13-20)14-33-29(38)21-15-34-16-23-35(30(39)25(34)27(37)26(21)36)24(17-7-3-1-4-8-17)28(40-23)18-9-5-2-6-10-18/h1-13,15,23-24,28,37H,14,16H2,(H,33,38)/t23?,24-,28+/m1/s1. The van der Waals surface area contributed by atoms with Gasteiger partial charge in [-0.2, -0.15) is 0 Å². The summed E-state index contributed by atoms with van der Waals surface area (Å²) in [5, 5.41) is 13.3. The van der Waals surface area contributed by atoms with Crippen LogP contribution in [0.1, 0.15) is 49.7 Å². The molecule has 0 radical (unpaired) electrons. The number of nitrogens with zero attached hydrogens (tertiary/aromatic N) is 2. The lowest BCUT2D eigenvalue weighted by atomic mass is 9.94. The monoisotopic (exact) mass is 543 g/mol. The van der Waals surface area contributed by atoms with Gasteiger partial charge in [-0.1, -0.05) is 66.7 Å². The second kappa shape index (κ2) is 10.0. The van der Waals surface area contributed by atoms with Crippen LogP contribution in [0.25, 0.3) is 0 Å². The van der Waals surface area contributed by atoms with E-state index in [0.29, 0.717) is 6.07 Å². The number of carbonyl (C=O) groups is 2. The average Bonchev–Trinajstić information content (AvgIpc) is 3.35. The maximum atomic E-state index is 14.0. The fourth-order valence-corrected chi connectivity index (χ4v) is 5.32. The highest BCUT2D eigenvalue weighted by molar-refractivity contribution is 5.99. The summed E-state index contributed by atoms with van der Waals surface area (Å²) < 4.78 is 34.9. The normalized spacial score (nSPS) is 19.7. The number of nitrogens with one attached hydrogen (secondary N) is 1. The van der Waals surface area contributed by atoms with E-state index in [1.165, 1.54) is 21.7 Å². The van der Waals surface area contributed by atoms with E-state index in [2.05, 4.69) is 5.32 Å². The molecule has 0 saturated carbocycles. The number of halogens is 2. The number of pyridine rings is 1. The summed E-state index contributed by atoms with van der Waals surface area (Å²) in [6.45, 7) is -0.267.